The molecule has 1 saturated heterocycles. The third-order valence-electron chi connectivity index (χ3n) is 5.65. The molecular formula is C20H22ClFN4O. The van der Waals surface area contributed by atoms with Crippen LogP contribution in [0.15, 0.2) is 24.4 Å². The van der Waals surface area contributed by atoms with E-state index in [-0.39, 0.29) is 21.9 Å². The number of hydrogen-bond donors (Lipinski definition) is 0. The Bertz CT molecular complexity index is 900. The van der Waals surface area contributed by atoms with Crippen molar-refractivity contribution in [2.75, 3.05) is 32.1 Å². The molecular weight excluding hydrogens is 367 g/mol. The number of benzene rings is 1. The summed E-state index contributed by atoms with van der Waals surface area (Å²) in [6.45, 7) is 1.23. The number of nitrogens with zero attached hydrogens (tertiary/aromatic N) is 4. The molecule has 4 rings (SSSR count). The van der Waals surface area contributed by atoms with Crippen molar-refractivity contribution in [1.29, 1.82) is 0 Å². The van der Waals surface area contributed by atoms with Crippen molar-refractivity contribution < 1.29 is 9.18 Å². The van der Waals surface area contributed by atoms with Crippen molar-refractivity contribution in [2.24, 2.45) is 0 Å². The zero-order chi connectivity index (χ0) is 19.2. The number of aryl methyl sites for hydroxylation is 1. The normalized spacial score (nSPS) is 21.4. The molecule has 1 atom stereocenters. The van der Waals surface area contributed by atoms with Crippen molar-refractivity contribution in [3.8, 4) is 0 Å². The van der Waals surface area contributed by atoms with E-state index in [9.17, 15) is 9.18 Å². The van der Waals surface area contributed by atoms with Crippen molar-refractivity contribution in [1.82, 2.24) is 14.9 Å². The third kappa shape index (κ3) is 3.16. The quantitative estimate of drug-likeness (QED) is 0.790. The van der Waals surface area contributed by atoms with Gasteiger partial charge in [-0.1, -0.05) is 11.6 Å². The first-order valence-electron chi connectivity index (χ1n) is 9.18. The Morgan fingerprint density at radius 2 is 2.15 bits per heavy atom. The van der Waals surface area contributed by atoms with Crippen LogP contribution in [0.3, 0.4) is 0 Å². The smallest absolute Gasteiger partial charge is 0.255 e. The lowest BCUT2D eigenvalue weighted by Crippen LogP contribution is -2.48. The van der Waals surface area contributed by atoms with E-state index in [1.165, 1.54) is 23.8 Å². The fourth-order valence-electron chi connectivity index (χ4n) is 4.28. The minimum atomic E-state index is -0.455. The van der Waals surface area contributed by atoms with Gasteiger partial charge in [0, 0.05) is 38.8 Å². The maximum Gasteiger partial charge on any atom is 0.255 e. The lowest BCUT2D eigenvalue weighted by Gasteiger charge is -2.40. The molecule has 1 unspecified atom stereocenters. The number of carbonyl (C=O) groups is 1. The highest BCUT2D eigenvalue weighted by atomic mass is 35.5. The van der Waals surface area contributed by atoms with Crippen molar-refractivity contribution in [3.05, 3.63) is 52.1 Å². The van der Waals surface area contributed by atoms with Gasteiger partial charge in [0.2, 0.25) is 5.95 Å². The lowest BCUT2D eigenvalue weighted by atomic mass is 9.77. The highest BCUT2D eigenvalue weighted by Crippen LogP contribution is 2.44. The van der Waals surface area contributed by atoms with E-state index in [4.69, 9.17) is 16.6 Å². The molecule has 2 aliphatic rings. The predicted octanol–water partition coefficient (Wildman–Crippen LogP) is 3.46. The van der Waals surface area contributed by atoms with E-state index >= 15 is 0 Å². The summed E-state index contributed by atoms with van der Waals surface area (Å²) in [4.78, 5) is 26.0. The van der Waals surface area contributed by atoms with E-state index in [1.54, 1.807) is 4.90 Å². The van der Waals surface area contributed by atoms with Gasteiger partial charge in [-0.3, -0.25) is 4.79 Å². The lowest BCUT2D eigenvalue weighted by molar-refractivity contribution is 0.0633. The second-order valence-electron chi connectivity index (χ2n) is 7.67. The first-order chi connectivity index (χ1) is 12.9. The van der Waals surface area contributed by atoms with Crippen LogP contribution < -0.4 is 4.90 Å². The molecule has 0 N–H and O–H groups in total. The summed E-state index contributed by atoms with van der Waals surface area (Å²) in [5.74, 6) is 0.0182. The van der Waals surface area contributed by atoms with Gasteiger partial charge in [0.25, 0.3) is 5.91 Å². The zero-order valence-electron chi connectivity index (χ0n) is 15.5. The molecule has 0 bridgehead atoms. The third-order valence-corrected chi connectivity index (χ3v) is 5.98. The van der Waals surface area contributed by atoms with Gasteiger partial charge in [-0.25, -0.2) is 14.4 Å². The molecule has 142 valence electrons. The standard InChI is InChI=1S/C20H22ClFN4O/c1-25(2)19-23-11-13-6-8-20(17(13)24-19)7-3-9-26(12-20)18(27)15-10-14(22)4-5-16(15)21/h4-5,10-11H,3,6-9,12H2,1-2H3. The Hall–Kier alpha value is -2.21. The van der Waals surface area contributed by atoms with Gasteiger partial charge < -0.3 is 9.80 Å². The van der Waals surface area contributed by atoms with Gasteiger partial charge in [0.05, 0.1) is 16.3 Å². The molecule has 1 aliphatic carbocycles. The number of anilines is 1. The van der Waals surface area contributed by atoms with Crippen LogP contribution >= 0.6 is 11.6 Å². The topological polar surface area (TPSA) is 49.3 Å². The molecule has 1 amide bonds. The van der Waals surface area contributed by atoms with Gasteiger partial charge in [-0.2, -0.15) is 0 Å². The Kier molecular flexibility index (Phi) is 4.54. The highest BCUT2D eigenvalue weighted by molar-refractivity contribution is 6.33. The summed E-state index contributed by atoms with van der Waals surface area (Å²) in [5.41, 5.74) is 2.29. The molecule has 1 aromatic carbocycles. The molecule has 1 fully saturated rings. The maximum atomic E-state index is 13.6. The minimum Gasteiger partial charge on any atom is -0.347 e. The zero-order valence-corrected chi connectivity index (χ0v) is 16.3. The first kappa shape index (κ1) is 18.2. The summed E-state index contributed by atoms with van der Waals surface area (Å²) in [6.07, 6.45) is 5.67. The Labute approximate surface area is 163 Å². The fraction of sp³-hybridized carbons (Fsp3) is 0.450. The van der Waals surface area contributed by atoms with E-state index in [1.807, 2.05) is 25.2 Å². The highest BCUT2D eigenvalue weighted by Gasteiger charge is 2.45. The molecule has 1 spiro atoms. The number of carbonyl (C=O) groups excluding carboxylic acids is 1. The number of halogens is 2. The van der Waals surface area contributed by atoms with Gasteiger partial charge >= 0.3 is 0 Å². The second-order valence-corrected chi connectivity index (χ2v) is 8.08. The molecule has 1 aromatic heterocycles. The van der Waals surface area contributed by atoms with Crippen LogP contribution in [0.1, 0.15) is 40.9 Å². The molecule has 0 saturated carbocycles. The average molecular weight is 389 g/mol. The molecule has 5 nitrogen and oxygen atoms in total. The van der Waals surface area contributed by atoms with Crippen molar-refractivity contribution in [3.63, 3.8) is 0 Å². The SMILES string of the molecule is CN(C)c1ncc2c(n1)C1(CCCN(C(=O)c3cc(F)ccc3Cl)C1)CC2. The molecule has 2 heterocycles. The molecule has 7 heteroatoms. The number of piperidine rings is 1. The van der Waals surface area contributed by atoms with Crippen LogP contribution in [0.25, 0.3) is 0 Å². The number of hydrogen-bond acceptors (Lipinski definition) is 4. The Balaban J connectivity index is 1.66. The number of amides is 1. The van der Waals surface area contributed by atoms with Crippen LogP contribution in [-0.4, -0.2) is 48.0 Å². The number of fused-ring (bicyclic) bond motifs is 2. The number of aromatic nitrogens is 2. The van der Waals surface area contributed by atoms with Gasteiger partial charge in [0.1, 0.15) is 5.82 Å². The Morgan fingerprint density at radius 1 is 1.33 bits per heavy atom. The molecule has 1 aliphatic heterocycles. The monoisotopic (exact) mass is 388 g/mol. The van der Waals surface area contributed by atoms with Gasteiger partial charge in [0.15, 0.2) is 0 Å². The summed E-state index contributed by atoms with van der Waals surface area (Å²) in [7, 11) is 3.85. The van der Waals surface area contributed by atoms with Crippen LogP contribution in [0, 0.1) is 5.82 Å². The van der Waals surface area contributed by atoms with Crippen molar-refractivity contribution >= 4 is 23.5 Å². The van der Waals surface area contributed by atoms with Crippen molar-refractivity contribution in [2.45, 2.75) is 31.1 Å². The van der Waals surface area contributed by atoms with E-state index in [2.05, 4.69) is 4.98 Å². The van der Waals surface area contributed by atoms with Gasteiger partial charge in [-0.15, -0.1) is 0 Å². The summed E-state index contributed by atoms with van der Waals surface area (Å²) < 4.78 is 13.6. The van der Waals surface area contributed by atoms with E-state index in [0.717, 1.165) is 31.4 Å². The maximum absolute atomic E-state index is 13.6. The predicted molar refractivity (Wildman–Crippen MR) is 103 cm³/mol. The van der Waals surface area contributed by atoms with Crippen LogP contribution in [0.2, 0.25) is 5.02 Å². The number of likely N-dealkylation sites (tertiary alicyclic amines) is 1. The number of rotatable bonds is 2. The molecule has 27 heavy (non-hydrogen) atoms. The molecule has 2 aromatic rings. The van der Waals surface area contributed by atoms with E-state index in [0.29, 0.717) is 19.0 Å². The summed E-state index contributed by atoms with van der Waals surface area (Å²) in [6, 6.07) is 3.93. The van der Waals surface area contributed by atoms with Gasteiger partial charge in [-0.05, 0) is 49.4 Å². The van der Waals surface area contributed by atoms with E-state index < -0.39 is 5.82 Å². The first-order valence-corrected chi connectivity index (χ1v) is 9.55. The second kappa shape index (κ2) is 6.75. The molecule has 0 radical (unpaired) electrons. The fourth-order valence-corrected chi connectivity index (χ4v) is 4.48. The summed E-state index contributed by atoms with van der Waals surface area (Å²) >= 11 is 6.16. The largest absolute Gasteiger partial charge is 0.347 e. The average Bonchev–Trinajstić information content (AvgIpc) is 3.00. The van der Waals surface area contributed by atoms with Crippen LogP contribution in [0.5, 0.6) is 0 Å². The van der Waals surface area contributed by atoms with Crippen LogP contribution in [0.4, 0.5) is 10.3 Å². The van der Waals surface area contributed by atoms with Crippen LogP contribution in [-0.2, 0) is 11.8 Å². The Morgan fingerprint density at radius 3 is 2.93 bits per heavy atom. The summed E-state index contributed by atoms with van der Waals surface area (Å²) in [5, 5.41) is 0.282. The minimum absolute atomic E-state index is 0.156.